The molecule has 0 bridgehead atoms. The van der Waals surface area contributed by atoms with Crippen LogP contribution in [0.2, 0.25) is 0 Å². The molecule has 1 N–H and O–H groups in total. The summed E-state index contributed by atoms with van der Waals surface area (Å²) in [5, 5.41) is 2.57. The smallest absolute Gasteiger partial charge is 0.416 e. The summed E-state index contributed by atoms with van der Waals surface area (Å²) in [5.41, 5.74) is 1.14. The maximum Gasteiger partial charge on any atom is 0.416 e. The third-order valence-electron chi connectivity index (χ3n) is 3.55. The molecule has 8 heteroatoms. The summed E-state index contributed by atoms with van der Waals surface area (Å²) in [7, 11) is 0. The standard InChI is InChI=1S/C19H15F3N2O2S/c20-19(21,22)14-6-8-15(9-7-14)23-17(25)12-27-11-16-10-26-18(24-16)13-4-2-1-3-5-13/h1-10H,11-12H2,(H,23,25). The van der Waals surface area contributed by atoms with Crippen molar-refractivity contribution < 1.29 is 22.4 Å². The average molecular weight is 392 g/mol. The van der Waals surface area contributed by atoms with Gasteiger partial charge in [0.15, 0.2) is 0 Å². The molecule has 0 aliphatic rings. The highest BCUT2D eigenvalue weighted by Gasteiger charge is 2.29. The van der Waals surface area contributed by atoms with E-state index in [-0.39, 0.29) is 11.7 Å². The summed E-state index contributed by atoms with van der Waals surface area (Å²) in [6, 6.07) is 13.8. The molecule has 0 atom stereocenters. The van der Waals surface area contributed by atoms with Gasteiger partial charge in [-0.3, -0.25) is 4.79 Å². The minimum atomic E-state index is -4.39. The number of benzene rings is 2. The molecule has 27 heavy (non-hydrogen) atoms. The van der Waals surface area contributed by atoms with Gasteiger partial charge in [-0.15, -0.1) is 11.8 Å². The van der Waals surface area contributed by atoms with Gasteiger partial charge < -0.3 is 9.73 Å². The van der Waals surface area contributed by atoms with Crippen LogP contribution in [0.3, 0.4) is 0 Å². The monoisotopic (exact) mass is 392 g/mol. The predicted molar refractivity (Wildman–Crippen MR) is 98.2 cm³/mol. The Labute approximate surface area is 157 Å². The number of alkyl halides is 3. The minimum absolute atomic E-state index is 0.147. The van der Waals surface area contributed by atoms with Gasteiger partial charge in [0.2, 0.25) is 11.8 Å². The number of carbonyl (C=O) groups is 1. The molecule has 3 rings (SSSR count). The molecule has 0 radical (unpaired) electrons. The number of amides is 1. The first-order chi connectivity index (χ1) is 12.9. The Balaban J connectivity index is 1.47. The highest BCUT2D eigenvalue weighted by atomic mass is 32.2. The lowest BCUT2D eigenvalue weighted by molar-refractivity contribution is -0.137. The summed E-state index contributed by atoms with van der Waals surface area (Å²) < 4.78 is 43.0. The highest BCUT2D eigenvalue weighted by Crippen LogP contribution is 2.29. The zero-order valence-corrected chi connectivity index (χ0v) is 14.8. The van der Waals surface area contributed by atoms with E-state index in [0.29, 0.717) is 23.0 Å². The molecule has 0 fully saturated rings. The Morgan fingerprint density at radius 3 is 2.44 bits per heavy atom. The van der Waals surface area contributed by atoms with Gasteiger partial charge in [0.25, 0.3) is 0 Å². The van der Waals surface area contributed by atoms with Crippen molar-refractivity contribution in [1.82, 2.24) is 4.98 Å². The summed E-state index contributed by atoms with van der Waals surface area (Å²) in [6.07, 6.45) is -2.85. The highest BCUT2D eigenvalue weighted by molar-refractivity contribution is 7.99. The fourth-order valence-electron chi connectivity index (χ4n) is 2.27. The Morgan fingerprint density at radius 2 is 1.78 bits per heavy atom. The molecule has 4 nitrogen and oxygen atoms in total. The van der Waals surface area contributed by atoms with Gasteiger partial charge in [-0.1, -0.05) is 18.2 Å². The van der Waals surface area contributed by atoms with Gasteiger partial charge in [0.1, 0.15) is 6.26 Å². The van der Waals surface area contributed by atoms with Crippen LogP contribution >= 0.6 is 11.8 Å². The van der Waals surface area contributed by atoms with E-state index in [2.05, 4.69) is 10.3 Å². The van der Waals surface area contributed by atoms with Crippen molar-refractivity contribution in [3.63, 3.8) is 0 Å². The van der Waals surface area contributed by atoms with Crippen LogP contribution in [0, 0.1) is 0 Å². The summed E-state index contributed by atoms with van der Waals surface area (Å²) >= 11 is 1.34. The number of thioether (sulfide) groups is 1. The second-order valence-corrected chi connectivity index (χ2v) is 6.61. The van der Waals surface area contributed by atoms with E-state index in [0.717, 1.165) is 17.7 Å². The molecular formula is C19H15F3N2O2S. The fourth-order valence-corrected chi connectivity index (χ4v) is 2.98. The Hall–Kier alpha value is -2.74. The van der Waals surface area contributed by atoms with Crippen molar-refractivity contribution in [3.8, 4) is 11.5 Å². The summed E-state index contributed by atoms with van der Waals surface area (Å²) in [6.45, 7) is 0. The molecule has 2 aromatic carbocycles. The van der Waals surface area contributed by atoms with Crippen LogP contribution in [0.15, 0.2) is 65.3 Å². The molecule has 0 aliphatic heterocycles. The average Bonchev–Trinajstić information content (AvgIpc) is 3.11. The molecular weight excluding hydrogens is 377 g/mol. The molecule has 0 aliphatic carbocycles. The first kappa shape index (κ1) is 19.0. The van der Waals surface area contributed by atoms with Crippen LogP contribution in [-0.2, 0) is 16.7 Å². The van der Waals surface area contributed by atoms with E-state index in [4.69, 9.17) is 4.42 Å². The maximum absolute atomic E-state index is 12.5. The number of aromatic nitrogens is 1. The SMILES string of the molecule is O=C(CSCc1coc(-c2ccccc2)n1)Nc1ccc(C(F)(F)F)cc1. The molecule has 1 aromatic heterocycles. The van der Waals surface area contributed by atoms with E-state index >= 15 is 0 Å². The van der Waals surface area contributed by atoms with E-state index in [1.165, 1.54) is 23.9 Å². The topological polar surface area (TPSA) is 55.1 Å². The number of halogens is 3. The second kappa shape index (κ2) is 8.30. The van der Waals surface area contributed by atoms with Crippen molar-refractivity contribution in [1.29, 1.82) is 0 Å². The van der Waals surface area contributed by atoms with Crippen molar-refractivity contribution >= 4 is 23.4 Å². The van der Waals surface area contributed by atoms with Gasteiger partial charge in [-0.2, -0.15) is 13.2 Å². The van der Waals surface area contributed by atoms with E-state index in [1.807, 2.05) is 30.3 Å². The third-order valence-corrected chi connectivity index (χ3v) is 4.52. The third kappa shape index (κ3) is 5.37. The van der Waals surface area contributed by atoms with Gasteiger partial charge in [0.05, 0.1) is 17.0 Å². The largest absolute Gasteiger partial charge is 0.444 e. The van der Waals surface area contributed by atoms with Crippen molar-refractivity contribution in [2.75, 3.05) is 11.1 Å². The number of hydrogen-bond acceptors (Lipinski definition) is 4. The first-order valence-electron chi connectivity index (χ1n) is 7.96. The van der Waals surface area contributed by atoms with Gasteiger partial charge in [0, 0.05) is 17.0 Å². The molecule has 140 valence electrons. The lowest BCUT2D eigenvalue weighted by Gasteiger charge is -2.08. The number of rotatable bonds is 6. The van der Waals surface area contributed by atoms with Crippen LogP contribution in [0.5, 0.6) is 0 Å². The number of carbonyl (C=O) groups excluding carboxylic acids is 1. The second-order valence-electron chi connectivity index (χ2n) is 5.63. The number of nitrogens with zero attached hydrogens (tertiary/aromatic N) is 1. The zero-order valence-electron chi connectivity index (χ0n) is 14.0. The lowest BCUT2D eigenvalue weighted by atomic mass is 10.2. The van der Waals surface area contributed by atoms with Crippen molar-refractivity contribution in [2.24, 2.45) is 0 Å². The molecule has 0 saturated heterocycles. The number of hydrogen-bond donors (Lipinski definition) is 1. The molecule has 0 spiro atoms. The molecule has 3 aromatic rings. The first-order valence-corrected chi connectivity index (χ1v) is 9.12. The van der Waals surface area contributed by atoms with Gasteiger partial charge in [-0.25, -0.2) is 4.98 Å². The number of anilines is 1. The van der Waals surface area contributed by atoms with Crippen LogP contribution in [0.1, 0.15) is 11.3 Å². The summed E-state index contributed by atoms with van der Waals surface area (Å²) in [5.74, 6) is 0.845. The number of oxazole rings is 1. The minimum Gasteiger partial charge on any atom is -0.444 e. The predicted octanol–water partition coefficient (Wildman–Crippen LogP) is 5.23. The molecule has 0 saturated carbocycles. The molecule has 1 amide bonds. The van der Waals surface area contributed by atoms with Crippen molar-refractivity contribution in [3.05, 3.63) is 72.1 Å². The Morgan fingerprint density at radius 1 is 1.07 bits per heavy atom. The number of nitrogens with one attached hydrogen (secondary N) is 1. The van der Waals surface area contributed by atoms with Crippen LogP contribution in [0.4, 0.5) is 18.9 Å². The van der Waals surface area contributed by atoms with E-state index < -0.39 is 11.7 Å². The van der Waals surface area contributed by atoms with E-state index in [1.54, 1.807) is 6.26 Å². The van der Waals surface area contributed by atoms with Crippen molar-refractivity contribution in [2.45, 2.75) is 11.9 Å². The zero-order chi connectivity index (χ0) is 19.3. The normalized spacial score (nSPS) is 11.4. The Bertz CT molecular complexity index is 893. The fraction of sp³-hybridized carbons (Fsp3) is 0.158. The van der Waals surface area contributed by atoms with E-state index in [9.17, 15) is 18.0 Å². The molecule has 1 heterocycles. The van der Waals surface area contributed by atoms with Crippen LogP contribution < -0.4 is 5.32 Å². The molecule has 0 unspecified atom stereocenters. The van der Waals surface area contributed by atoms with Gasteiger partial charge >= 0.3 is 6.18 Å². The Kier molecular flexibility index (Phi) is 5.85. The maximum atomic E-state index is 12.5. The lowest BCUT2D eigenvalue weighted by Crippen LogP contribution is -2.14. The van der Waals surface area contributed by atoms with Crippen LogP contribution in [-0.4, -0.2) is 16.6 Å². The van der Waals surface area contributed by atoms with Crippen LogP contribution in [0.25, 0.3) is 11.5 Å². The van der Waals surface area contributed by atoms with Gasteiger partial charge in [-0.05, 0) is 36.4 Å². The summed E-state index contributed by atoms with van der Waals surface area (Å²) in [4.78, 5) is 16.3. The quantitative estimate of drug-likeness (QED) is 0.624.